The number of pyridine rings is 1. The van der Waals surface area contributed by atoms with Crippen LogP contribution < -0.4 is 0 Å². The van der Waals surface area contributed by atoms with Crippen LogP contribution in [-0.2, 0) is 0 Å². The zero-order valence-corrected chi connectivity index (χ0v) is 12.7. The molecule has 0 saturated carbocycles. The molecule has 0 aliphatic carbocycles. The molecule has 0 radical (unpaired) electrons. The second-order valence-corrected chi connectivity index (χ2v) is 5.54. The van der Waals surface area contributed by atoms with Crippen LogP contribution in [0.1, 0.15) is 15.9 Å². The van der Waals surface area contributed by atoms with E-state index in [4.69, 9.17) is 16.0 Å². The average molecular weight is 352 g/mol. The van der Waals surface area contributed by atoms with Gasteiger partial charge in [-0.2, -0.15) is 0 Å². The highest BCUT2D eigenvalue weighted by Gasteiger charge is 2.15. The van der Waals surface area contributed by atoms with Gasteiger partial charge in [-0.1, -0.05) is 11.6 Å². The Hall–Kier alpha value is -1.72. The van der Waals surface area contributed by atoms with Crippen LogP contribution in [0.4, 0.5) is 0 Å². The third-order valence-electron chi connectivity index (χ3n) is 2.99. The average Bonchev–Trinajstić information content (AvgIpc) is 2.86. The summed E-state index contributed by atoms with van der Waals surface area (Å²) in [5, 5.41) is 0.365. The molecule has 4 nitrogen and oxygen atoms in total. The minimum atomic E-state index is 0.365. The van der Waals surface area contributed by atoms with Gasteiger partial charge in [0.15, 0.2) is 5.58 Å². The van der Waals surface area contributed by atoms with Gasteiger partial charge in [0.25, 0.3) is 0 Å². The number of aromatic nitrogens is 2. The molecule has 0 N–H and O–H groups in total. The Bertz CT molecular complexity index is 829. The van der Waals surface area contributed by atoms with E-state index in [1.54, 1.807) is 24.5 Å². The predicted octanol–water partition coefficient (Wildman–Crippen LogP) is 4.43. The summed E-state index contributed by atoms with van der Waals surface area (Å²) < 4.78 is 6.57. The van der Waals surface area contributed by atoms with Crippen LogP contribution in [0.5, 0.6) is 0 Å². The molecule has 0 saturated heterocycles. The van der Waals surface area contributed by atoms with Crippen molar-refractivity contribution in [2.75, 3.05) is 0 Å². The lowest BCUT2D eigenvalue weighted by atomic mass is 10.1. The first-order valence-electron chi connectivity index (χ1n) is 5.76. The predicted molar refractivity (Wildman–Crippen MR) is 80.1 cm³/mol. The zero-order chi connectivity index (χ0) is 14.3. The number of carbonyl (C=O) groups excluding carboxylic acids is 1. The van der Waals surface area contributed by atoms with Crippen LogP contribution in [0.3, 0.4) is 0 Å². The van der Waals surface area contributed by atoms with E-state index in [2.05, 4.69) is 25.9 Å². The Morgan fingerprint density at radius 1 is 1.35 bits per heavy atom. The van der Waals surface area contributed by atoms with Crippen LogP contribution >= 0.6 is 27.5 Å². The molecule has 3 rings (SSSR count). The van der Waals surface area contributed by atoms with Crippen LogP contribution in [-0.4, -0.2) is 16.3 Å². The summed E-state index contributed by atoms with van der Waals surface area (Å²) in [5.74, 6) is 0.427. The van der Waals surface area contributed by atoms with Crippen LogP contribution in [0.2, 0.25) is 5.02 Å². The molecule has 3 aromatic rings. The van der Waals surface area contributed by atoms with Crippen LogP contribution in [0.15, 0.2) is 33.4 Å². The summed E-state index contributed by atoms with van der Waals surface area (Å²) in [6.07, 6.45) is 4.11. The monoisotopic (exact) mass is 350 g/mol. The maximum Gasteiger partial charge on any atom is 0.229 e. The molecular formula is C14H8BrClN2O2. The molecular weight excluding hydrogens is 344 g/mol. The van der Waals surface area contributed by atoms with Gasteiger partial charge < -0.3 is 4.42 Å². The molecule has 0 aliphatic rings. The SMILES string of the molecule is Cc1c(Br)cncc1-c1nc2cc(C=O)cc(Cl)c2o1. The number of aldehydes is 1. The number of carbonyl (C=O) groups is 1. The molecule has 6 heteroatoms. The fourth-order valence-electron chi connectivity index (χ4n) is 1.91. The minimum absolute atomic E-state index is 0.365. The molecule has 100 valence electrons. The highest BCUT2D eigenvalue weighted by Crippen LogP contribution is 2.32. The van der Waals surface area contributed by atoms with E-state index in [0.29, 0.717) is 27.6 Å². The minimum Gasteiger partial charge on any atom is -0.434 e. The fourth-order valence-corrected chi connectivity index (χ4v) is 2.50. The lowest BCUT2D eigenvalue weighted by Crippen LogP contribution is -1.86. The van der Waals surface area contributed by atoms with Gasteiger partial charge in [0.1, 0.15) is 11.8 Å². The molecule has 0 atom stereocenters. The molecule has 2 aromatic heterocycles. The molecule has 0 bridgehead atoms. The van der Waals surface area contributed by atoms with Crippen LogP contribution in [0, 0.1) is 6.92 Å². The van der Waals surface area contributed by atoms with Gasteiger partial charge in [-0.15, -0.1) is 0 Å². The van der Waals surface area contributed by atoms with Crippen molar-refractivity contribution in [3.8, 4) is 11.5 Å². The van der Waals surface area contributed by atoms with Crippen molar-refractivity contribution in [1.82, 2.24) is 9.97 Å². The summed E-state index contributed by atoms with van der Waals surface area (Å²) >= 11 is 9.52. The molecule has 2 heterocycles. The second-order valence-electron chi connectivity index (χ2n) is 4.28. The van der Waals surface area contributed by atoms with Gasteiger partial charge in [-0.05, 0) is 40.5 Å². The molecule has 20 heavy (non-hydrogen) atoms. The first-order valence-corrected chi connectivity index (χ1v) is 6.93. The normalized spacial score (nSPS) is 10.9. The van der Waals surface area contributed by atoms with Gasteiger partial charge in [-0.3, -0.25) is 9.78 Å². The van der Waals surface area contributed by atoms with Crippen molar-refractivity contribution in [3.05, 3.63) is 45.1 Å². The maximum atomic E-state index is 10.8. The summed E-state index contributed by atoms with van der Waals surface area (Å²) in [4.78, 5) is 19.3. The number of hydrogen-bond donors (Lipinski definition) is 0. The Morgan fingerprint density at radius 2 is 2.15 bits per heavy atom. The van der Waals surface area contributed by atoms with Gasteiger partial charge >= 0.3 is 0 Å². The third-order valence-corrected chi connectivity index (χ3v) is 4.07. The van der Waals surface area contributed by atoms with Gasteiger partial charge in [0.2, 0.25) is 5.89 Å². The third kappa shape index (κ3) is 2.13. The lowest BCUT2D eigenvalue weighted by molar-refractivity contribution is 0.112. The van der Waals surface area contributed by atoms with Crippen molar-refractivity contribution in [1.29, 1.82) is 0 Å². The number of benzene rings is 1. The number of fused-ring (bicyclic) bond motifs is 1. The van der Waals surface area contributed by atoms with E-state index >= 15 is 0 Å². The van der Waals surface area contributed by atoms with E-state index in [9.17, 15) is 4.79 Å². The maximum absolute atomic E-state index is 10.8. The molecule has 0 fully saturated rings. The van der Waals surface area contributed by atoms with E-state index in [0.717, 1.165) is 21.9 Å². The smallest absolute Gasteiger partial charge is 0.229 e. The Kier molecular flexibility index (Phi) is 3.31. The van der Waals surface area contributed by atoms with Crippen LogP contribution in [0.25, 0.3) is 22.6 Å². The summed E-state index contributed by atoms with van der Waals surface area (Å²) in [6.45, 7) is 1.94. The first kappa shape index (κ1) is 13.3. The van der Waals surface area contributed by atoms with Gasteiger partial charge in [0, 0.05) is 22.4 Å². The Labute approximate surface area is 127 Å². The number of halogens is 2. The Morgan fingerprint density at radius 3 is 2.90 bits per heavy atom. The Balaban J connectivity index is 2.25. The van der Waals surface area contributed by atoms with Crippen molar-refractivity contribution in [2.45, 2.75) is 6.92 Å². The molecule has 1 aromatic carbocycles. The van der Waals surface area contributed by atoms with E-state index in [-0.39, 0.29) is 0 Å². The standard InChI is InChI=1S/C14H8BrClN2O2/c1-7-9(4-17-5-10(7)15)14-18-12-3-8(6-19)2-11(16)13(12)20-14/h2-6H,1H3. The number of nitrogens with zero attached hydrogens (tertiary/aromatic N) is 2. The van der Waals surface area contributed by atoms with Crippen molar-refractivity contribution in [2.24, 2.45) is 0 Å². The summed E-state index contributed by atoms with van der Waals surface area (Å²) in [7, 11) is 0. The van der Waals surface area contributed by atoms with Gasteiger partial charge in [0.05, 0.1) is 10.6 Å². The largest absolute Gasteiger partial charge is 0.434 e. The quantitative estimate of drug-likeness (QED) is 0.641. The highest BCUT2D eigenvalue weighted by atomic mass is 79.9. The highest BCUT2D eigenvalue weighted by molar-refractivity contribution is 9.10. The fraction of sp³-hybridized carbons (Fsp3) is 0.0714. The number of rotatable bonds is 2. The summed E-state index contributed by atoms with van der Waals surface area (Å²) in [6, 6.07) is 3.19. The van der Waals surface area contributed by atoms with Crippen molar-refractivity contribution in [3.63, 3.8) is 0 Å². The van der Waals surface area contributed by atoms with Crippen molar-refractivity contribution >= 4 is 44.9 Å². The van der Waals surface area contributed by atoms with Gasteiger partial charge in [-0.25, -0.2) is 4.98 Å². The van der Waals surface area contributed by atoms with E-state index in [1.807, 2.05) is 6.92 Å². The molecule has 0 aliphatic heterocycles. The summed E-state index contributed by atoms with van der Waals surface area (Å²) in [5.41, 5.74) is 3.23. The lowest BCUT2D eigenvalue weighted by Gasteiger charge is -2.01. The second kappa shape index (κ2) is 5.00. The first-order chi connectivity index (χ1) is 9.60. The number of hydrogen-bond acceptors (Lipinski definition) is 4. The molecule has 0 amide bonds. The topological polar surface area (TPSA) is 56.0 Å². The number of oxazole rings is 1. The van der Waals surface area contributed by atoms with E-state index in [1.165, 1.54) is 0 Å². The molecule has 0 unspecified atom stereocenters. The van der Waals surface area contributed by atoms with E-state index < -0.39 is 0 Å². The molecule has 0 spiro atoms. The zero-order valence-electron chi connectivity index (χ0n) is 10.4. The van der Waals surface area contributed by atoms with Crippen molar-refractivity contribution < 1.29 is 9.21 Å².